The van der Waals surface area contributed by atoms with Crippen molar-refractivity contribution in [3.8, 4) is 0 Å². The van der Waals surface area contributed by atoms with Gasteiger partial charge in [-0.3, -0.25) is 4.90 Å². The van der Waals surface area contributed by atoms with Crippen molar-refractivity contribution in [2.75, 3.05) is 46.3 Å². The Kier molecular flexibility index (Phi) is 5.24. The van der Waals surface area contributed by atoms with E-state index < -0.39 is 11.6 Å². The molecule has 1 heterocycles. The molecule has 1 fully saturated rings. The molecule has 0 aromatic heterocycles. The molecular weight excluding hydrogens is 248 g/mol. The van der Waals surface area contributed by atoms with Crippen molar-refractivity contribution in [2.24, 2.45) is 0 Å². The molecule has 1 aliphatic rings. The van der Waals surface area contributed by atoms with Gasteiger partial charge in [0.15, 0.2) is 0 Å². The second-order valence-electron chi connectivity index (χ2n) is 5.06. The SMILES string of the molecule is CN1CCN(CCNCc2ccc(F)cc2F)CC1. The molecule has 3 nitrogen and oxygen atoms in total. The number of nitrogens with one attached hydrogen (secondary N) is 1. The third-order valence-corrected chi connectivity index (χ3v) is 3.53. The maximum Gasteiger partial charge on any atom is 0.130 e. The Morgan fingerprint density at radius 3 is 2.58 bits per heavy atom. The lowest BCUT2D eigenvalue weighted by Gasteiger charge is -2.32. The van der Waals surface area contributed by atoms with E-state index in [1.807, 2.05) is 0 Å². The zero-order chi connectivity index (χ0) is 13.7. The van der Waals surface area contributed by atoms with Crippen molar-refractivity contribution in [1.29, 1.82) is 0 Å². The standard InChI is InChI=1S/C14H21F2N3/c1-18-6-8-19(9-7-18)5-4-17-11-12-2-3-13(15)10-14(12)16/h2-3,10,17H,4-9,11H2,1H3. The van der Waals surface area contributed by atoms with Crippen molar-refractivity contribution < 1.29 is 8.78 Å². The number of nitrogens with zero attached hydrogens (tertiary/aromatic N) is 2. The Balaban J connectivity index is 1.66. The van der Waals surface area contributed by atoms with Gasteiger partial charge in [-0.1, -0.05) is 6.07 Å². The number of rotatable bonds is 5. The van der Waals surface area contributed by atoms with E-state index in [2.05, 4.69) is 22.2 Å². The summed E-state index contributed by atoms with van der Waals surface area (Å²) >= 11 is 0. The Morgan fingerprint density at radius 1 is 1.16 bits per heavy atom. The molecule has 1 aromatic rings. The molecule has 0 atom stereocenters. The zero-order valence-electron chi connectivity index (χ0n) is 11.3. The molecule has 0 aliphatic carbocycles. The molecule has 0 spiro atoms. The summed E-state index contributed by atoms with van der Waals surface area (Å²) in [7, 11) is 2.13. The highest BCUT2D eigenvalue weighted by Gasteiger charge is 2.12. The van der Waals surface area contributed by atoms with Crippen LogP contribution in [0, 0.1) is 11.6 Å². The fourth-order valence-electron chi connectivity index (χ4n) is 2.20. The van der Waals surface area contributed by atoms with Crippen LogP contribution in [0.25, 0.3) is 0 Å². The number of halogens is 2. The molecule has 1 aromatic carbocycles. The summed E-state index contributed by atoms with van der Waals surface area (Å²) in [5.74, 6) is -1.01. The van der Waals surface area contributed by atoms with Crippen molar-refractivity contribution in [3.05, 3.63) is 35.4 Å². The Bertz CT molecular complexity index is 404. The van der Waals surface area contributed by atoms with Crippen LogP contribution in [-0.2, 0) is 6.54 Å². The topological polar surface area (TPSA) is 18.5 Å². The highest BCUT2D eigenvalue weighted by Crippen LogP contribution is 2.08. The number of hydrogen-bond acceptors (Lipinski definition) is 3. The average molecular weight is 269 g/mol. The minimum absolute atomic E-state index is 0.444. The molecule has 5 heteroatoms. The van der Waals surface area contributed by atoms with Gasteiger partial charge in [0.25, 0.3) is 0 Å². The van der Waals surface area contributed by atoms with Crippen molar-refractivity contribution >= 4 is 0 Å². The largest absolute Gasteiger partial charge is 0.311 e. The van der Waals surface area contributed by atoms with Gasteiger partial charge in [-0.15, -0.1) is 0 Å². The number of piperazine rings is 1. The predicted octanol–water partition coefficient (Wildman–Crippen LogP) is 1.30. The monoisotopic (exact) mass is 269 g/mol. The average Bonchev–Trinajstić information content (AvgIpc) is 2.39. The molecule has 0 radical (unpaired) electrons. The van der Waals surface area contributed by atoms with Gasteiger partial charge in [0.2, 0.25) is 0 Å². The molecule has 106 valence electrons. The van der Waals surface area contributed by atoms with Crippen molar-refractivity contribution in [2.45, 2.75) is 6.54 Å². The third kappa shape index (κ3) is 4.53. The van der Waals surface area contributed by atoms with Crippen LogP contribution in [0.2, 0.25) is 0 Å². The third-order valence-electron chi connectivity index (χ3n) is 3.53. The highest BCUT2D eigenvalue weighted by molar-refractivity contribution is 5.18. The summed E-state index contributed by atoms with van der Waals surface area (Å²) in [5.41, 5.74) is 0.514. The first-order chi connectivity index (χ1) is 9.15. The fraction of sp³-hybridized carbons (Fsp3) is 0.571. The van der Waals surface area contributed by atoms with E-state index in [0.717, 1.165) is 45.3 Å². The molecule has 1 saturated heterocycles. The Hall–Kier alpha value is -1.04. The van der Waals surface area contributed by atoms with Crippen LogP contribution in [0.3, 0.4) is 0 Å². The summed E-state index contributed by atoms with van der Waals surface area (Å²) < 4.78 is 26.1. The molecule has 0 saturated carbocycles. The Labute approximate surface area is 113 Å². The summed E-state index contributed by atoms with van der Waals surface area (Å²) in [6.45, 7) is 6.61. The second kappa shape index (κ2) is 6.93. The van der Waals surface area contributed by atoms with Gasteiger partial charge >= 0.3 is 0 Å². The Morgan fingerprint density at radius 2 is 1.89 bits per heavy atom. The maximum atomic E-state index is 13.4. The zero-order valence-corrected chi connectivity index (χ0v) is 11.3. The van der Waals surface area contributed by atoms with E-state index in [0.29, 0.717) is 12.1 Å². The second-order valence-corrected chi connectivity index (χ2v) is 5.06. The maximum absolute atomic E-state index is 13.4. The van der Waals surface area contributed by atoms with Gasteiger partial charge in [0.1, 0.15) is 11.6 Å². The van der Waals surface area contributed by atoms with Crippen LogP contribution in [0.4, 0.5) is 8.78 Å². The quantitative estimate of drug-likeness (QED) is 0.813. The first-order valence-electron chi connectivity index (χ1n) is 6.71. The molecule has 1 aliphatic heterocycles. The molecule has 19 heavy (non-hydrogen) atoms. The minimum Gasteiger partial charge on any atom is -0.311 e. The van der Waals surface area contributed by atoms with Gasteiger partial charge in [-0.05, 0) is 13.1 Å². The number of likely N-dealkylation sites (N-methyl/N-ethyl adjacent to an activating group) is 1. The van der Waals surface area contributed by atoms with E-state index in [9.17, 15) is 8.78 Å². The van der Waals surface area contributed by atoms with E-state index in [1.54, 1.807) is 0 Å². The molecule has 0 unspecified atom stereocenters. The predicted molar refractivity (Wildman–Crippen MR) is 72.0 cm³/mol. The lowest BCUT2D eigenvalue weighted by atomic mass is 10.2. The highest BCUT2D eigenvalue weighted by atomic mass is 19.1. The molecule has 0 amide bonds. The van der Waals surface area contributed by atoms with Gasteiger partial charge in [-0.2, -0.15) is 0 Å². The smallest absolute Gasteiger partial charge is 0.130 e. The van der Waals surface area contributed by atoms with Crippen LogP contribution >= 0.6 is 0 Å². The van der Waals surface area contributed by atoms with Crippen molar-refractivity contribution in [1.82, 2.24) is 15.1 Å². The normalized spacial score (nSPS) is 17.8. The van der Waals surface area contributed by atoms with E-state index in [1.165, 1.54) is 12.1 Å². The summed E-state index contributed by atoms with van der Waals surface area (Å²) in [4.78, 5) is 4.71. The van der Waals surface area contributed by atoms with Gasteiger partial charge < -0.3 is 10.2 Å². The fourth-order valence-corrected chi connectivity index (χ4v) is 2.20. The van der Waals surface area contributed by atoms with Crippen LogP contribution in [-0.4, -0.2) is 56.1 Å². The number of benzene rings is 1. The van der Waals surface area contributed by atoms with Crippen LogP contribution in [0.1, 0.15) is 5.56 Å². The lowest BCUT2D eigenvalue weighted by molar-refractivity contribution is 0.154. The lowest BCUT2D eigenvalue weighted by Crippen LogP contribution is -2.46. The molecule has 1 N–H and O–H groups in total. The minimum atomic E-state index is -0.529. The first-order valence-corrected chi connectivity index (χ1v) is 6.71. The molecule has 0 bridgehead atoms. The number of hydrogen-bond donors (Lipinski definition) is 1. The van der Waals surface area contributed by atoms with Crippen LogP contribution in [0.15, 0.2) is 18.2 Å². The molecule has 2 rings (SSSR count). The van der Waals surface area contributed by atoms with E-state index in [-0.39, 0.29) is 0 Å². The van der Waals surface area contributed by atoms with Gasteiger partial charge in [0, 0.05) is 57.4 Å². The first kappa shape index (κ1) is 14.4. The summed E-state index contributed by atoms with van der Waals surface area (Å²) in [6.07, 6.45) is 0. The van der Waals surface area contributed by atoms with Gasteiger partial charge in [0.05, 0.1) is 0 Å². The van der Waals surface area contributed by atoms with Gasteiger partial charge in [-0.25, -0.2) is 8.78 Å². The van der Waals surface area contributed by atoms with Crippen molar-refractivity contribution in [3.63, 3.8) is 0 Å². The van der Waals surface area contributed by atoms with Crippen LogP contribution < -0.4 is 5.32 Å². The van der Waals surface area contributed by atoms with E-state index in [4.69, 9.17) is 0 Å². The molecular formula is C14H21F2N3. The van der Waals surface area contributed by atoms with Crippen LogP contribution in [0.5, 0.6) is 0 Å². The summed E-state index contributed by atoms with van der Waals surface area (Å²) in [6, 6.07) is 3.71. The summed E-state index contributed by atoms with van der Waals surface area (Å²) in [5, 5.41) is 3.20. The van der Waals surface area contributed by atoms with E-state index >= 15 is 0 Å².